The Hall–Kier alpha value is -1.56. The number of carbonyl (C=O) groups is 1. The van der Waals surface area contributed by atoms with Gasteiger partial charge < -0.3 is 0 Å². The predicted molar refractivity (Wildman–Crippen MR) is 43.7 cm³/mol. The Morgan fingerprint density at radius 1 is 1.29 bits per heavy atom. The average Bonchev–Trinajstić information content (AvgIpc) is 2.13. The van der Waals surface area contributed by atoms with E-state index >= 15 is 0 Å². The first-order chi connectivity index (χ1) is 6.45. The highest BCUT2D eigenvalue weighted by Crippen LogP contribution is 2.21. The van der Waals surface area contributed by atoms with Gasteiger partial charge in [-0.15, -0.1) is 0 Å². The first kappa shape index (κ1) is 10.5. The summed E-state index contributed by atoms with van der Waals surface area (Å²) in [5.41, 5.74) is -0.503. The van der Waals surface area contributed by atoms with Crippen LogP contribution in [0, 0.1) is 17.5 Å². The zero-order valence-electron chi connectivity index (χ0n) is 7.22. The van der Waals surface area contributed by atoms with E-state index in [-0.39, 0.29) is 0 Å². The summed E-state index contributed by atoms with van der Waals surface area (Å²) in [6.07, 6.45) is 0. The second-order valence-electron chi connectivity index (χ2n) is 2.58. The molecule has 0 spiro atoms. The minimum atomic E-state index is -1.65. The van der Waals surface area contributed by atoms with Crippen molar-refractivity contribution >= 4 is 11.6 Å². The van der Waals surface area contributed by atoms with Crippen LogP contribution in [0.5, 0.6) is 0 Å². The Bertz CT molecular complexity index is 381. The topological polar surface area (TPSA) is 46.3 Å². The van der Waals surface area contributed by atoms with Crippen molar-refractivity contribution < 1.29 is 18.0 Å². The van der Waals surface area contributed by atoms with Gasteiger partial charge >= 0.3 is 0 Å². The van der Waals surface area contributed by atoms with Gasteiger partial charge in [-0.3, -0.25) is 4.79 Å². The molecule has 0 aliphatic heterocycles. The van der Waals surface area contributed by atoms with Crippen LogP contribution in [0.2, 0.25) is 0 Å². The predicted octanol–water partition coefficient (Wildman–Crippen LogP) is 1.33. The van der Waals surface area contributed by atoms with Gasteiger partial charge in [0.15, 0.2) is 17.5 Å². The highest BCUT2D eigenvalue weighted by Gasteiger charge is 2.18. The van der Waals surface area contributed by atoms with Gasteiger partial charge in [0.25, 0.3) is 0 Å². The number of hydrazine groups is 1. The van der Waals surface area contributed by atoms with Gasteiger partial charge in [-0.1, -0.05) is 0 Å². The normalized spacial score (nSPS) is 10.1. The van der Waals surface area contributed by atoms with Crippen LogP contribution in [0.25, 0.3) is 0 Å². The van der Waals surface area contributed by atoms with E-state index in [9.17, 15) is 18.0 Å². The van der Waals surface area contributed by atoms with Crippen molar-refractivity contribution in [1.82, 2.24) is 0 Å². The van der Waals surface area contributed by atoms with Crippen LogP contribution >= 0.6 is 0 Å². The van der Waals surface area contributed by atoms with Gasteiger partial charge in [0, 0.05) is 6.92 Å². The summed E-state index contributed by atoms with van der Waals surface area (Å²) >= 11 is 0. The van der Waals surface area contributed by atoms with E-state index in [1.165, 1.54) is 0 Å². The molecular formula is C8H7F3N2O. The molecule has 1 amide bonds. The van der Waals surface area contributed by atoms with E-state index in [4.69, 9.17) is 5.84 Å². The SMILES string of the molecule is CC(=O)N(N)c1ccc(F)c(F)c1F. The summed E-state index contributed by atoms with van der Waals surface area (Å²) in [5.74, 6) is -0.0405. The lowest BCUT2D eigenvalue weighted by molar-refractivity contribution is -0.116. The van der Waals surface area contributed by atoms with E-state index in [2.05, 4.69) is 0 Å². The zero-order valence-corrected chi connectivity index (χ0v) is 7.22. The molecule has 1 rings (SSSR count). The molecule has 6 heteroatoms. The highest BCUT2D eigenvalue weighted by atomic mass is 19.2. The van der Waals surface area contributed by atoms with Crippen LogP contribution in [0.3, 0.4) is 0 Å². The number of carbonyl (C=O) groups excluding carboxylic acids is 1. The minimum absolute atomic E-state index is 0.401. The number of nitrogens with two attached hydrogens (primary N) is 1. The number of rotatable bonds is 1. The third kappa shape index (κ3) is 1.69. The second-order valence-corrected chi connectivity index (χ2v) is 2.58. The number of amides is 1. The van der Waals surface area contributed by atoms with Crippen molar-refractivity contribution in [2.75, 3.05) is 5.01 Å². The molecule has 0 saturated carbocycles. The minimum Gasteiger partial charge on any atom is -0.273 e. The number of nitrogens with zero attached hydrogens (tertiary/aromatic N) is 1. The molecule has 76 valence electrons. The van der Waals surface area contributed by atoms with Gasteiger partial charge in [-0.25, -0.2) is 24.0 Å². The molecule has 0 aliphatic carbocycles. The van der Waals surface area contributed by atoms with Crippen LogP contribution in [0.15, 0.2) is 12.1 Å². The average molecular weight is 204 g/mol. The lowest BCUT2D eigenvalue weighted by Crippen LogP contribution is -2.36. The maximum absolute atomic E-state index is 13.0. The van der Waals surface area contributed by atoms with Crippen LogP contribution in [0.1, 0.15) is 6.92 Å². The molecule has 1 aromatic rings. The first-order valence-electron chi connectivity index (χ1n) is 3.64. The Morgan fingerprint density at radius 2 is 1.86 bits per heavy atom. The van der Waals surface area contributed by atoms with E-state index < -0.39 is 29.0 Å². The van der Waals surface area contributed by atoms with Gasteiger partial charge in [-0.05, 0) is 12.1 Å². The standard InChI is InChI=1S/C8H7F3N2O/c1-4(14)13(12)6-3-2-5(9)7(10)8(6)11/h2-3H,12H2,1H3. The fourth-order valence-electron chi connectivity index (χ4n) is 0.871. The van der Waals surface area contributed by atoms with Crippen molar-refractivity contribution in [3.8, 4) is 0 Å². The van der Waals surface area contributed by atoms with E-state index in [1.54, 1.807) is 0 Å². The second kappa shape index (κ2) is 3.67. The summed E-state index contributed by atoms with van der Waals surface area (Å²) in [6, 6.07) is 1.58. The molecule has 0 heterocycles. The van der Waals surface area contributed by atoms with E-state index in [0.717, 1.165) is 13.0 Å². The van der Waals surface area contributed by atoms with Gasteiger partial charge in [-0.2, -0.15) is 0 Å². The van der Waals surface area contributed by atoms with Gasteiger partial charge in [0.2, 0.25) is 5.91 Å². The van der Waals surface area contributed by atoms with Crippen molar-refractivity contribution in [1.29, 1.82) is 0 Å². The Morgan fingerprint density at radius 3 is 2.36 bits per heavy atom. The van der Waals surface area contributed by atoms with Gasteiger partial charge in [0.05, 0.1) is 5.69 Å². The number of anilines is 1. The Kier molecular flexibility index (Phi) is 2.76. The summed E-state index contributed by atoms with van der Waals surface area (Å²) in [7, 11) is 0. The summed E-state index contributed by atoms with van der Waals surface area (Å²) in [6.45, 7) is 1.07. The van der Waals surface area contributed by atoms with Crippen molar-refractivity contribution in [3.05, 3.63) is 29.6 Å². The lowest BCUT2D eigenvalue weighted by atomic mass is 10.2. The smallest absolute Gasteiger partial charge is 0.238 e. The molecule has 14 heavy (non-hydrogen) atoms. The Balaban J connectivity index is 3.24. The molecular weight excluding hydrogens is 197 g/mol. The summed E-state index contributed by atoms with van der Waals surface area (Å²) < 4.78 is 38.1. The molecule has 3 nitrogen and oxygen atoms in total. The fourth-order valence-corrected chi connectivity index (χ4v) is 0.871. The highest BCUT2D eigenvalue weighted by molar-refractivity contribution is 5.90. The first-order valence-corrected chi connectivity index (χ1v) is 3.64. The molecule has 0 fully saturated rings. The van der Waals surface area contributed by atoms with Crippen LogP contribution in [-0.2, 0) is 4.79 Å². The van der Waals surface area contributed by atoms with Crippen molar-refractivity contribution in [2.24, 2.45) is 5.84 Å². The largest absolute Gasteiger partial charge is 0.273 e. The fraction of sp³-hybridized carbons (Fsp3) is 0.125. The van der Waals surface area contributed by atoms with Crippen LogP contribution < -0.4 is 10.9 Å². The molecule has 0 saturated heterocycles. The number of benzene rings is 1. The van der Waals surface area contributed by atoms with Crippen molar-refractivity contribution in [2.45, 2.75) is 6.92 Å². The Labute approximate surface area is 77.9 Å². The monoisotopic (exact) mass is 204 g/mol. The maximum Gasteiger partial charge on any atom is 0.238 e. The zero-order chi connectivity index (χ0) is 10.9. The molecule has 0 aliphatic rings. The molecule has 0 bridgehead atoms. The van der Waals surface area contributed by atoms with Crippen molar-refractivity contribution in [3.63, 3.8) is 0 Å². The quantitative estimate of drug-likeness (QED) is 0.324. The molecule has 0 radical (unpaired) electrons. The van der Waals surface area contributed by atoms with Crippen LogP contribution in [-0.4, -0.2) is 5.91 Å². The maximum atomic E-state index is 13.0. The molecule has 1 aromatic carbocycles. The number of halogens is 3. The summed E-state index contributed by atoms with van der Waals surface area (Å²) in [4.78, 5) is 10.7. The third-order valence-corrected chi connectivity index (χ3v) is 1.61. The number of hydrogen-bond acceptors (Lipinski definition) is 2. The lowest BCUT2D eigenvalue weighted by Gasteiger charge is -2.15. The van der Waals surface area contributed by atoms with E-state index in [0.29, 0.717) is 11.1 Å². The van der Waals surface area contributed by atoms with Gasteiger partial charge in [0.1, 0.15) is 0 Å². The molecule has 0 aromatic heterocycles. The van der Waals surface area contributed by atoms with E-state index in [1.807, 2.05) is 0 Å². The molecule has 0 unspecified atom stereocenters. The molecule has 2 N–H and O–H groups in total. The third-order valence-electron chi connectivity index (χ3n) is 1.61. The number of hydrogen-bond donors (Lipinski definition) is 1. The summed E-state index contributed by atoms with van der Waals surface area (Å²) in [5, 5.41) is 0.401. The van der Waals surface area contributed by atoms with Crippen LogP contribution in [0.4, 0.5) is 18.9 Å². The molecule has 0 atom stereocenters.